The van der Waals surface area contributed by atoms with E-state index in [1.54, 1.807) is 0 Å². The molecule has 2 fully saturated rings. The van der Waals surface area contributed by atoms with Crippen LogP contribution >= 0.6 is 0 Å². The molecule has 2 atom stereocenters. The number of likely N-dealkylation sites (N-methyl/N-ethyl adjacent to an activating group) is 1. The van der Waals surface area contributed by atoms with Gasteiger partial charge in [-0.2, -0.15) is 5.10 Å². The van der Waals surface area contributed by atoms with Gasteiger partial charge in [-0.05, 0) is 55.6 Å². The Morgan fingerprint density at radius 2 is 1.87 bits per heavy atom. The SMILES string of the molecule is Cc1ccc2cc1-c1cnn3ccc(nc13)N(C)CCN1C[C@@H]3CCCN3C[C@H]1CO2. The molecule has 4 bridgehead atoms. The van der Waals surface area contributed by atoms with E-state index in [-0.39, 0.29) is 0 Å². The average Bonchev–Trinajstić information content (AvgIpc) is 3.42. The van der Waals surface area contributed by atoms with E-state index in [4.69, 9.17) is 9.72 Å². The van der Waals surface area contributed by atoms with Crippen molar-refractivity contribution >= 4 is 11.5 Å². The van der Waals surface area contributed by atoms with E-state index < -0.39 is 0 Å². The molecule has 6 rings (SSSR count). The van der Waals surface area contributed by atoms with Gasteiger partial charge in [0.05, 0.1) is 12.2 Å². The highest BCUT2D eigenvalue weighted by atomic mass is 16.5. The zero-order valence-electron chi connectivity index (χ0n) is 18.4. The maximum atomic E-state index is 6.39. The van der Waals surface area contributed by atoms with E-state index in [9.17, 15) is 0 Å². The summed E-state index contributed by atoms with van der Waals surface area (Å²) in [6, 6.07) is 9.57. The van der Waals surface area contributed by atoms with Gasteiger partial charge in [0.2, 0.25) is 0 Å². The first-order valence-corrected chi connectivity index (χ1v) is 11.4. The van der Waals surface area contributed by atoms with E-state index in [1.807, 2.05) is 16.9 Å². The first-order chi connectivity index (χ1) is 15.2. The fraction of sp³-hybridized carbons (Fsp3) is 0.500. The summed E-state index contributed by atoms with van der Waals surface area (Å²) in [5, 5.41) is 4.54. The van der Waals surface area contributed by atoms with Gasteiger partial charge in [0.15, 0.2) is 5.65 Å². The molecule has 7 heteroatoms. The van der Waals surface area contributed by atoms with Gasteiger partial charge in [0.1, 0.15) is 18.2 Å². The van der Waals surface area contributed by atoms with E-state index in [0.717, 1.165) is 61.1 Å². The molecule has 0 amide bonds. The zero-order valence-corrected chi connectivity index (χ0v) is 18.4. The number of anilines is 1. The molecule has 0 unspecified atom stereocenters. The van der Waals surface area contributed by atoms with Crippen LogP contribution in [0.3, 0.4) is 0 Å². The normalized spacial score (nSPS) is 24.6. The third-order valence-electron chi connectivity index (χ3n) is 7.32. The molecular formula is C24H30N6O. The van der Waals surface area contributed by atoms with Crippen LogP contribution < -0.4 is 9.64 Å². The maximum absolute atomic E-state index is 6.39. The summed E-state index contributed by atoms with van der Waals surface area (Å²) in [6.07, 6.45) is 6.58. The van der Waals surface area contributed by atoms with E-state index in [2.05, 4.69) is 58.0 Å². The van der Waals surface area contributed by atoms with Crippen LogP contribution in [0.5, 0.6) is 5.75 Å². The molecule has 0 radical (unpaired) electrons. The van der Waals surface area contributed by atoms with Crippen molar-refractivity contribution in [3.8, 4) is 16.9 Å². The molecule has 3 aromatic rings. The highest BCUT2D eigenvalue weighted by molar-refractivity contribution is 5.80. The van der Waals surface area contributed by atoms with Gasteiger partial charge in [-0.15, -0.1) is 0 Å². The Bertz CT molecular complexity index is 1110. The average molecular weight is 419 g/mol. The van der Waals surface area contributed by atoms with Gasteiger partial charge in [-0.25, -0.2) is 9.50 Å². The summed E-state index contributed by atoms with van der Waals surface area (Å²) in [4.78, 5) is 12.6. The predicted molar refractivity (Wildman–Crippen MR) is 122 cm³/mol. The standard InChI is InChI=1S/C24H30N6O/c1-17-5-6-20-12-21(17)22-13-25-30-9-7-23(26-24(22)30)27(2)10-11-29-14-18-4-3-8-28(18)15-19(29)16-31-20/h5-7,9,12-13,18-19H,3-4,8,10-11,14-16H2,1-2H3/t18-,19-/m0/s1. The monoisotopic (exact) mass is 418 g/mol. The minimum absolute atomic E-state index is 0.414. The molecule has 3 aliphatic rings. The molecule has 2 saturated heterocycles. The number of hydrogen-bond acceptors (Lipinski definition) is 6. The number of hydrogen-bond donors (Lipinski definition) is 0. The number of nitrogens with zero attached hydrogens (tertiary/aromatic N) is 6. The van der Waals surface area contributed by atoms with Crippen LogP contribution in [-0.2, 0) is 0 Å². The largest absolute Gasteiger partial charge is 0.492 e. The van der Waals surface area contributed by atoms with Gasteiger partial charge in [-0.1, -0.05) is 6.07 Å². The van der Waals surface area contributed by atoms with Crippen molar-refractivity contribution in [1.82, 2.24) is 24.4 Å². The number of aryl methyl sites for hydroxylation is 1. The van der Waals surface area contributed by atoms with Gasteiger partial charge in [0.25, 0.3) is 0 Å². The molecule has 2 aromatic heterocycles. The molecule has 0 saturated carbocycles. The van der Waals surface area contributed by atoms with Crippen molar-refractivity contribution < 1.29 is 4.74 Å². The minimum Gasteiger partial charge on any atom is -0.492 e. The van der Waals surface area contributed by atoms with E-state index >= 15 is 0 Å². The van der Waals surface area contributed by atoms with E-state index in [0.29, 0.717) is 12.1 Å². The lowest BCUT2D eigenvalue weighted by Gasteiger charge is -2.44. The fourth-order valence-electron chi connectivity index (χ4n) is 5.41. The Morgan fingerprint density at radius 1 is 1.00 bits per heavy atom. The van der Waals surface area contributed by atoms with Crippen molar-refractivity contribution in [2.45, 2.75) is 31.8 Å². The smallest absolute Gasteiger partial charge is 0.165 e. The summed E-state index contributed by atoms with van der Waals surface area (Å²) >= 11 is 0. The maximum Gasteiger partial charge on any atom is 0.165 e. The van der Waals surface area contributed by atoms with Crippen LogP contribution in [0.4, 0.5) is 5.82 Å². The zero-order chi connectivity index (χ0) is 20.9. The number of benzene rings is 1. The summed E-state index contributed by atoms with van der Waals surface area (Å²) in [7, 11) is 2.14. The summed E-state index contributed by atoms with van der Waals surface area (Å²) in [5.41, 5.74) is 4.28. The molecule has 7 nitrogen and oxygen atoms in total. The van der Waals surface area contributed by atoms with E-state index in [1.165, 1.54) is 24.9 Å². The second-order valence-corrected chi connectivity index (χ2v) is 9.26. The highest BCUT2D eigenvalue weighted by Crippen LogP contribution is 2.32. The third-order valence-corrected chi connectivity index (χ3v) is 7.32. The summed E-state index contributed by atoms with van der Waals surface area (Å²) < 4.78 is 8.25. The van der Waals surface area contributed by atoms with Gasteiger partial charge >= 0.3 is 0 Å². The van der Waals surface area contributed by atoms with Crippen LogP contribution in [-0.4, -0.2) is 82.9 Å². The topological polar surface area (TPSA) is 49.1 Å². The van der Waals surface area contributed by atoms with Gasteiger partial charge in [-0.3, -0.25) is 9.80 Å². The highest BCUT2D eigenvalue weighted by Gasteiger charge is 2.36. The van der Waals surface area contributed by atoms with Gasteiger partial charge in [0, 0.05) is 51.0 Å². The lowest BCUT2D eigenvalue weighted by Crippen LogP contribution is -2.59. The van der Waals surface area contributed by atoms with Crippen molar-refractivity contribution in [1.29, 1.82) is 0 Å². The summed E-state index contributed by atoms with van der Waals surface area (Å²) in [5.74, 6) is 1.92. The Morgan fingerprint density at radius 3 is 2.81 bits per heavy atom. The molecule has 0 N–H and O–H groups in total. The quantitative estimate of drug-likeness (QED) is 0.560. The molecular weight excluding hydrogens is 388 g/mol. The Hall–Kier alpha value is -2.64. The van der Waals surface area contributed by atoms with Crippen molar-refractivity contribution in [2.24, 2.45) is 0 Å². The molecule has 0 spiro atoms. The van der Waals surface area contributed by atoms with Crippen LogP contribution in [0.25, 0.3) is 16.8 Å². The number of ether oxygens (including phenoxy) is 1. The van der Waals surface area contributed by atoms with Crippen LogP contribution in [0.1, 0.15) is 18.4 Å². The predicted octanol–water partition coefficient (Wildman–Crippen LogP) is 2.68. The second kappa shape index (κ2) is 7.50. The van der Waals surface area contributed by atoms with Crippen molar-refractivity contribution in [3.05, 3.63) is 42.2 Å². The first-order valence-electron chi connectivity index (χ1n) is 11.4. The Kier molecular flexibility index (Phi) is 4.61. The minimum atomic E-state index is 0.414. The Labute approximate surface area is 183 Å². The number of rotatable bonds is 0. The third kappa shape index (κ3) is 3.36. The molecule has 162 valence electrons. The number of piperazine rings is 1. The first kappa shape index (κ1) is 19.1. The lowest BCUT2D eigenvalue weighted by molar-refractivity contribution is 0.0293. The molecule has 0 aliphatic carbocycles. The Balaban J connectivity index is 1.42. The number of fused-ring (bicyclic) bond motifs is 6. The molecule has 5 heterocycles. The number of aromatic nitrogens is 3. The fourth-order valence-corrected chi connectivity index (χ4v) is 5.41. The lowest BCUT2D eigenvalue weighted by atomic mass is 10.0. The molecule has 31 heavy (non-hydrogen) atoms. The van der Waals surface area contributed by atoms with Crippen molar-refractivity contribution in [3.63, 3.8) is 0 Å². The van der Waals surface area contributed by atoms with Crippen LogP contribution in [0, 0.1) is 6.92 Å². The summed E-state index contributed by atoms with van der Waals surface area (Å²) in [6.45, 7) is 8.30. The van der Waals surface area contributed by atoms with Crippen LogP contribution in [0.2, 0.25) is 0 Å². The van der Waals surface area contributed by atoms with Gasteiger partial charge < -0.3 is 9.64 Å². The van der Waals surface area contributed by atoms with Crippen LogP contribution in [0.15, 0.2) is 36.7 Å². The van der Waals surface area contributed by atoms with Crippen molar-refractivity contribution in [2.75, 3.05) is 51.3 Å². The second-order valence-electron chi connectivity index (χ2n) is 9.26. The molecule has 3 aliphatic heterocycles. The molecule has 1 aromatic carbocycles.